The van der Waals surface area contributed by atoms with Crippen LogP contribution in [0.5, 0.6) is 0 Å². The number of benzene rings is 1. The fourth-order valence-electron chi connectivity index (χ4n) is 1.52. The minimum atomic E-state index is -0.553. The fourth-order valence-corrected chi connectivity index (χ4v) is 1.52. The number of amides is 1. The number of aryl methyl sites for hydroxylation is 1. The summed E-state index contributed by atoms with van der Waals surface area (Å²) >= 11 is 0. The summed E-state index contributed by atoms with van der Waals surface area (Å²) < 4.78 is 4.67. The van der Waals surface area contributed by atoms with Gasteiger partial charge in [-0.3, -0.25) is 4.79 Å². The van der Waals surface area contributed by atoms with Crippen molar-refractivity contribution < 1.29 is 14.3 Å². The maximum Gasteiger partial charge on any atom is 0.354 e. The average Bonchev–Trinajstić information content (AvgIpc) is 2.35. The number of rotatable bonds is 3. The van der Waals surface area contributed by atoms with Crippen LogP contribution in [0, 0.1) is 6.92 Å². The number of nitrogens with one attached hydrogen (secondary N) is 1. The number of ether oxygens (including phenoxy) is 1. The van der Waals surface area contributed by atoms with Crippen LogP contribution < -0.4 is 5.32 Å². The highest BCUT2D eigenvalue weighted by Gasteiger charge is 2.15. The van der Waals surface area contributed by atoms with Gasteiger partial charge in [-0.25, -0.2) is 4.79 Å². The Morgan fingerprint density at radius 1 is 1.11 bits per heavy atom. The number of allylic oxidation sites excluding steroid dienone is 1. The molecule has 1 aromatic carbocycles. The van der Waals surface area contributed by atoms with Gasteiger partial charge in [0.05, 0.1) is 7.11 Å². The molecule has 0 unspecified atom stereocenters. The van der Waals surface area contributed by atoms with Crippen LogP contribution in [0.3, 0.4) is 0 Å². The van der Waals surface area contributed by atoms with E-state index in [0.717, 1.165) is 11.1 Å². The van der Waals surface area contributed by atoms with Crippen LogP contribution in [-0.2, 0) is 14.3 Å². The van der Waals surface area contributed by atoms with Crippen LogP contribution in [-0.4, -0.2) is 19.0 Å². The third kappa shape index (κ3) is 3.45. The van der Waals surface area contributed by atoms with Gasteiger partial charge >= 0.3 is 5.97 Å². The average molecular weight is 247 g/mol. The molecule has 0 aliphatic heterocycles. The Balaban J connectivity index is 3.21. The van der Waals surface area contributed by atoms with Gasteiger partial charge < -0.3 is 10.1 Å². The summed E-state index contributed by atoms with van der Waals surface area (Å²) in [6, 6.07) is 7.69. The van der Waals surface area contributed by atoms with Gasteiger partial charge in [-0.15, -0.1) is 0 Å². The molecule has 0 heterocycles. The monoisotopic (exact) mass is 247 g/mol. The van der Waals surface area contributed by atoms with Gasteiger partial charge in [0, 0.05) is 6.92 Å². The zero-order valence-electron chi connectivity index (χ0n) is 11.0. The molecule has 96 valence electrons. The number of carbonyl (C=O) groups excluding carboxylic acids is 2. The Kier molecular flexibility index (Phi) is 4.66. The van der Waals surface area contributed by atoms with E-state index in [0.29, 0.717) is 5.57 Å². The lowest BCUT2D eigenvalue weighted by Gasteiger charge is -2.11. The summed E-state index contributed by atoms with van der Waals surface area (Å²) in [6.07, 6.45) is 0. The van der Waals surface area contributed by atoms with E-state index in [1.807, 2.05) is 31.2 Å². The van der Waals surface area contributed by atoms with E-state index in [9.17, 15) is 9.59 Å². The smallest absolute Gasteiger partial charge is 0.354 e. The van der Waals surface area contributed by atoms with Gasteiger partial charge in [0.2, 0.25) is 5.91 Å². The molecule has 1 rings (SSSR count). The van der Waals surface area contributed by atoms with Gasteiger partial charge in [0.15, 0.2) is 0 Å². The van der Waals surface area contributed by atoms with Crippen LogP contribution in [0.2, 0.25) is 0 Å². The molecule has 0 aliphatic rings. The molecule has 0 saturated heterocycles. The van der Waals surface area contributed by atoms with E-state index >= 15 is 0 Å². The molecule has 0 bridgehead atoms. The Labute approximate surface area is 107 Å². The second-order valence-corrected chi connectivity index (χ2v) is 4.04. The van der Waals surface area contributed by atoms with E-state index in [4.69, 9.17) is 0 Å². The number of methoxy groups -OCH3 is 1. The zero-order valence-corrected chi connectivity index (χ0v) is 11.0. The van der Waals surface area contributed by atoms with Crippen LogP contribution >= 0.6 is 0 Å². The van der Waals surface area contributed by atoms with E-state index in [2.05, 4.69) is 10.1 Å². The summed E-state index contributed by atoms with van der Waals surface area (Å²) in [4.78, 5) is 22.7. The van der Waals surface area contributed by atoms with Crippen molar-refractivity contribution in [1.82, 2.24) is 5.32 Å². The van der Waals surface area contributed by atoms with Crippen molar-refractivity contribution in [3.63, 3.8) is 0 Å². The molecule has 1 N–H and O–H groups in total. The maximum atomic E-state index is 11.6. The number of hydrogen-bond acceptors (Lipinski definition) is 3. The van der Waals surface area contributed by atoms with Crippen LogP contribution in [0.25, 0.3) is 5.57 Å². The largest absolute Gasteiger partial charge is 0.464 e. The molecule has 4 nitrogen and oxygen atoms in total. The lowest BCUT2D eigenvalue weighted by atomic mass is 10.0. The van der Waals surface area contributed by atoms with Crippen molar-refractivity contribution in [2.24, 2.45) is 0 Å². The van der Waals surface area contributed by atoms with E-state index in [1.165, 1.54) is 14.0 Å². The predicted octanol–water partition coefficient (Wildman–Crippen LogP) is 2.04. The lowest BCUT2D eigenvalue weighted by molar-refractivity contribution is -0.137. The Morgan fingerprint density at radius 3 is 2.11 bits per heavy atom. The molecule has 0 aromatic heterocycles. The first-order valence-electron chi connectivity index (χ1n) is 5.59. The standard InChI is InChI=1S/C14H17NO3/c1-9-5-7-12(8-6-9)10(2)13(14(17)18-4)15-11(3)16/h5-8H,1-4H3,(H,15,16)/b13-10+. The number of esters is 1. The molecular formula is C14H17NO3. The third-order valence-electron chi connectivity index (χ3n) is 2.55. The minimum absolute atomic E-state index is 0.175. The minimum Gasteiger partial charge on any atom is -0.464 e. The van der Waals surface area contributed by atoms with Crippen molar-refractivity contribution >= 4 is 17.4 Å². The lowest BCUT2D eigenvalue weighted by Crippen LogP contribution is -2.26. The van der Waals surface area contributed by atoms with E-state index in [-0.39, 0.29) is 11.6 Å². The van der Waals surface area contributed by atoms with Gasteiger partial charge in [-0.2, -0.15) is 0 Å². The van der Waals surface area contributed by atoms with Gasteiger partial charge in [0.25, 0.3) is 0 Å². The Hall–Kier alpha value is -2.10. The quantitative estimate of drug-likeness (QED) is 0.657. The summed E-state index contributed by atoms with van der Waals surface area (Å²) in [5, 5.41) is 2.51. The molecule has 1 amide bonds. The fraction of sp³-hybridized carbons (Fsp3) is 0.286. The molecule has 0 spiro atoms. The van der Waals surface area contributed by atoms with Crippen molar-refractivity contribution in [2.45, 2.75) is 20.8 Å². The molecule has 0 aliphatic carbocycles. The SMILES string of the molecule is COC(=O)/C(NC(C)=O)=C(/C)c1ccc(C)cc1. The molecule has 0 atom stereocenters. The first-order chi connectivity index (χ1) is 8.45. The molecule has 0 fully saturated rings. The van der Waals surface area contributed by atoms with E-state index in [1.54, 1.807) is 6.92 Å². The first kappa shape index (κ1) is 14.0. The second kappa shape index (κ2) is 6.00. The maximum absolute atomic E-state index is 11.6. The van der Waals surface area contributed by atoms with Gasteiger partial charge in [-0.05, 0) is 25.0 Å². The summed E-state index contributed by atoms with van der Waals surface area (Å²) in [7, 11) is 1.28. The highest BCUT2D eigenvalue weighted by molar-refractivity contribution is 6.00. The summed E-state index contributed by atoms with van der Waals surface area (Å²) in [5.41, 5.74) is 2.85. The third-order valence-corrected chi connectivity index (χ3v) is 2.55. The highest BCUT2D eigenvalue weighted by Crippen LogP contribution is 2.18. The molecule has 18 heavy (non-hydrogen) atoms. The van der Waals surface area contributed by atoms with Crippen LogP contribution in [0.15, 0.2) is 30.0 Å². The molecule has 4 heteroatoms. The molecule has 1 aromatic rings. The van der Waals surface area contributed by atoms with Crippen LogP contribution in [0.4, 0.5) is 0 Å². The Bertz CT molecular complexity index is 486. The number of hydrogen-bond donors (Lipinski definition) is 1. The molecule has 0 radical (unpaired) electrons. The summed E-state index contributed by atoms with van der Waals surface area (Å²) in [6.45, 7) is 5.11. The van der Waals surface area contributed by atoms with Crippen molar-refractivity contribution in [1.29, 1.82) is 0 Å². The van der Waals surface area contributed by atoms with Gasteiger partial charge in [-0.1, -0.05) is 29.8 Å². The van der Waals surface area contributed by atoms with Crippen molar-refractivity contribution in [3.05, 3.63) is 41.1 Å². The topological polar surface area (TPSA) is 55.4 Å². The van der Waals surface area contributed by atoms with Crippen LogP contribution in [0.1, 0.15) is 25.0 Å². The zero-order chi connectivity index (χ0) is 13.7. The van der Waals surface area contributed by atoms with E-state index < -0.39 is 5.97 Å². The molecule has 0 saturated carbocycles. The second-order valence-electron chi connectivity index (χ2n) is 4.04. The van der Waals surface area contributed by atoms with Crippen molar-refractivity contribution in [3.8, 4) is 0 Å². The first-order valence-corrected chi connectivity index (χ1v) is 5.59. The normalized spacial score (nSPS) is 11.6. The summed E-state index contributed by atoms with van der Waals surface area (Å²) in [5.74, 6) is -0.856. The van der Waals surface area contributed by atoms with Crippen molar-refractivity contribution in [2.75, 3.05) is 7.11 Å². The predicted molar refractivity (Wildman–Crippen MR) is 69.6 cm³/mol. The Morgan fingerprint density at radius 2 is 1.67 bits per heavy atom. The molecular weight excluding hydrogens is 230 g/mol. The van der Waals surface area contributed by atoms with Gasteiger partial charge in [0.1, 0.15) is 5.70 Å². The highest BCUT2D eigenvalue weighted by atomic mass is 16.5. The number of carbonyl (C=O) groups is 2.